The predicted octanol–water partition coefficient (Wildman–Crippen LogP) is 0.678. The number of morpholine rings is 1. The minimum atomic E-state index is -3.79. The predicted molar refractivity (Wildman–Crippen MR) is 112 cm³/mol. The van der Waals surface area contributed by atoms with Gasteiger partial charge in [-0.05, 0) is 45.4 Å². The summed E-state index contributed by atoms with van der Waals surface area (Å²) in [5.41, 5.74) is 0.0954. The number of nitrogens with zero attached hydrogens (tertiary/aromatic N) is 1. The average Bonchev–Trinajstić information content (AvgIpc) is 2.67. The first kappa shape index (κ1) is 24.1. The lowest BCUT2D eigenvalue weighted by Gasteiger charge is -2.27. The topological polar surface area (TPSA) is 114 Å². The van der Waals surface area contributed by atoms with Gasteiger partial charge in [0.05, 0.1) is 26.7 Å². The van der Waals surface area contributed by atoms with Crippen molar-refractivity contribution in [3.8, 4) is 5.75 Å². The molecule has 1 aliphatic heterocycles. The highest BCUT2D eigenvalue weighted by Gasteiger charge is 2.30. The van der Waals surface area contributed by atoms with Crippen LogP contribution in [0.25, 0.3) is 0 Å². The van der Waals surface area contributed by atoms with Crippen LogP contribution in [0.1, 0.15) is 33.3 Å². The number of carbonyl (C=O) groups is 2. The summed E-state index contributed by atoms with van der Waals surface area (Å²) in [4.78, 5) is 24.6. The van der Waals surface area contributed by atoms with Crippen molar-refractivity contribution in [2.75, 3.05) is 33.4 Å². The minimum Gasteiger partial charge on any atom is -0.495 e. The van der Waals surface area contributed by atoms with Crippen LogP contribution < -0.4 is 15.4 Å². The van der Waals surface area contributed by atoms with E-state index >= 15 is 0 Å². The molecule has 168 valence electrons. The Morgan fingerprint density at radius 1 is 1.23 bits per heavy atom. The fourth-order valence-electron chi connectivity index (χ4n) is 2.98. The molecule has 9 nitrogen and oxygen atoms in total. The van der Waals surface area contributed by atoms with Gasteiger partial charge in [-0.2, -0.15) is 4.31 Å². The monoisotopic (exact) mass is 441 g/mol. The quantitative estimate of drug-likeness (QED) is 0.643. The minimum absolute atomic E-state index is 0.00993. The maximum Gasteiger partial charge on any atom is 0.246 e. The highest BCUT2D eigenvalue weighted by molar-refractivity contribution is 7.89. The van der Waals surface area contributed by atoms with E-state index < -0.39 is 21.6 Å². The van der Waals surface area contributed by atoms with Gasteiger partial charge in [-0.1, -0.05) is 6.07 Å². The number of hydrogen-bond acceptors (Lipinski definition) is 6. The van der Waals surface area contributed by atoms with Gasteiger partial charge in [0.15, 0.2) is 0 Å². The number of benzene rings is 1. The van der Waals surface area contributed by atoms with Gasteiger partial charge in [-0.3, -0.25) is 9.59 Å². The smallest absolute Gasteiger partial charge is 0.246 e. The Morgan fingerprint density at radius 3 is 2.43 bits per heavy atom. The molecule has 1 aromatic rings. The molecule has 1 heterocycles. The molecule has 0 saturated carbocycles. The lowest BCUT2D eigenvalue weighted by Crippen LogP contribution is -2.51. The summed E-state index contributed by atoms with van der Waals surface area (Å²) >= 11 is 0. The van der Waals surface area contributed by atoms with E-state index in [9.17, 15) is 18.0 Å². The second kappa shape index (κ2) is 9.76. The third-order valence-electron chi connectivity index (χ3n) is 4.45. The summed E-state index contributed by atoms with van der Waals surface area (Å²) in [6.07, 6.45) is -0.0667. The van der Waals surface area contributed by atoms with Crippen LogP contribution in [0.5, 0.6) is 5.75 Å². The van der Waals surface area contributed by atoms with Crippen LogP contribution in [0.3, 0.4) is 0 Å². The summed E-state index contributed by atoms with van der Waals surface area (Å²) in [7, 11) is -2.39. The summed E-state index contributed by atoms with van der Waals surface area (Å²) in [5.74, 6) is -0.462. The van der Waals surface area contributed by atoms with E-state index in [4.69, 9.17) is 9.47 Å². The Labute approximate surface area is 178 Å². The Kier molecular flexibility index (Phi) is 7.84. The van der Waals surface area contributed by atoms with E-state index in [1.165, 1.54) is 23.5 Å². The first-order valence-electron chi connectivity index (χ1n) is 9.80. The lowest BCUT2D eigenvalue weighted by molar-refractivity contribution is -0.129. The van der Waals surface area contributed by atoms with Gasteiger partial charge < -0.3 is 20.1 Å². The van der Waals surface area contributed by atoms with Crippen molar-refractivity contribution in [1.29, 1.82) is 0 Å². The largest absolute Gasteiger partial charge is 0.495 e. The number of amides is 2. The number of rotatable bonds is 7. The van der Waals surface area contributed by atoms with E-state index in [0.717, 1.165) is 0 Å². The molecule has 1 fully saturated rings. The van der Waals surface area contributed by atoms with E-state index in [0.29, 0.717) is 18.8 Å². The van der Waals surface area contributed by atoms with Crippen LogP contribution in [0, 0.1) is 0 Å². The Morgan fingerprint density at radius 2 is 1.87 bits per heavy atom. The van der Waals surface area contributed by atoms with E-state index in [1.54, 1.807) is 13.0 Å². The molecule has 0 aromatic heterocycles. The third-order valence-corrected chi connectivity index (χ3v) is 6.37. The van der Waals surface area contributed by atoms with Gasteiger partial charge in [0, 0.05) is 18.6 Å². The van der Waals surface area contributed by atoms with Crippen LogP contribution >= 0.6 is 0 Å². The maximum absolute atomic E-state index is 13.0. The molecule has 1 saturated heterocycles. The van der Waals surface area contributed by atoms with Crippen molar-refractivity contribution in [2.24, 2.45) is 0 Å². The first-order chi connectivity index (χ1) is 13.9. The van der Waals surface area contributed by atoms with E-state index in [2.05, 4.69) is 10.6 Å². The number of hydrogen-bond donors (Lipinski definition) is 2. The van der Waals surface area contributed by atoms with Crippen molar-refractivity contribution in [3.05, 3.63) is 23.8 Å². The maximum atomic E-state index is 13.0. The molecule has 1 aliphatic rings. The highest BCUT2D eigenvalue weighted by Crippen LogP contribution is 2.28. The molecule has 0 spiro atoms. The Bertz CT molecular complexity index is 873. The molecule has 1 unspecified atom stereocenters. The number of methoxy groups -OCH3 is 1. The van der Waals surface area contributed by atoms with Crippen molar-refractivity contribution in [1.82, 2.24) is 14.9 Å². The molecule has 1 aromatic carbocycles. The van der Waals surface area contributed by atoms with E-state index in [1.807, 2.05) is 20.8 Å². The zero-order valence-corrected chi connectivity index (χ0v) is 19.0. The summed E-state index contributed by atoms with van der Waals surface area (Å²) in [5, 5.41) is 5.45. The van der Waals surface area contributed by atoms with Gasteiger partial charge in [-0.15, -0.1) is 0 Å². The zero-order valence-electron chi connectivity index (χ0n) is 18.1. The van der Waals surface area contributed by atoms with Gasteiger partial charge in [0.2, 0.25) is 21.8 Å². The number of ether oxygens (including phenoxy) is 2. The standard InChI is InChI=1S/C20H31N3O6S/c1-14(19(25)22-20(2,3)4)21-18(24)13-15-6-7-16(28-5)17(12-15)30(26,27)23-8-10-29-11-9-23/h6-7,12,14H,8-11,13H2,1-5H3,(H,21,24)(H,22,25). The normalized spacial score (nSPS) is 16.6. The number of carbonyl (C=O) groups excluding carboxylic acids is 2. The Hall–Kier alpha value is -2.17. The van der Waals surface area contributed by atoms with Crippen molar-refractivity contribution in [3.63, 3.8) is 0 Å². The average molecular weight is 442 g/mol. The van der Waals surface area contributed by atoms with Crippen LogP contribution in [0.2, 0.25) is 0 Å². The molecular formula is C20H31N3O6S. The lowest BCUT2D eigenvalue weighted by atomic mass is 10.1. The molecule has 0 aliphatic carbocycles. The summed E-state index contributed by atoms with van der Waals surface area (Å²) in [6, 6.07) is 3.90. The van der Waals surface area contributed by atoms with Crippen LogP contribution in [-0.2, 0) is 30.8 Å². The molecule has 2 N–H and O–H groups in total. The van der Waals surface area contributed by atoms with Crippen molar-refractivity contribution < 1.29 is 27.5 Å². The molecule has 0 bridgehead atoms. The second-order valence-electron chi connectivity index (χ2n) is 8.21. The van der Waals surface area contributed by atoms with Crippen LogP contribution in [0.4, 0.5) is 0 Å². The van der Waals surface area contributed by atoms with Gasteiger partial charge in [0.25, 0.3) is 0 Å². The molecule has 30 heavy (non-hydrogen) atoms. The van der Waals surface area contributed by atoms with Crippen LogP contribution in [0.15, 0.2) is 23.1 Å². The first-order valence-corrected chi connectivity index (χ1v) is 11.2. The Balaban J connectivity index is 2.14. The van der Waals surface area contributed by atoms with Crippen molar-refractivity contribution in [2.45, 2.75) is 50.6 Å². The fraction of sp³-hybridized carbons (Fsp3) is 0.600. The van der Waals surface area contributed by atoms with Crippen molar-refractivity contribution >= 4 is 21.8 Å². The summed E-state index contributed by atoms with van der Waals surface area (Å²) < 4.78 is 37.9. The summed E-state index contributed by atoms with van der Waals surface area (Å²) in [6.45, 7) is 8.35. The van der Waals surface area contributed by atoms with Gasteiger partial charge >= 0.3 is 0 Å². The number of nitrogens with one attached hydrogen (secondary N) is 2. The van der Waals surface area contributed by atoms with Gasteiger partial charge in [-0.25, -0.2) is 8.42 Å². The molecule has 1 atom stereocenters. The third kappa shape index (κ3) is 6.41. The second-order valence-corrected chi connectivity index (χ2v) is 10.1. The molecule has 2 rings (SSSR count). The molecular weight excluding hydrogens is 410 g/mol. The highest BCUT2D eigenvalue weighted by atomic mass is 32.2. The van der Waals surface area contributed by atoms with Crippen LogP contribution in [-0.4, -0.2) is 69.5 Å². The molecule has 10 heteroatoms. The zero-order chi connectivity index (χ0) is 22.5. The SMILES string of the molecule is COc1ccc(CC(=O)NC(C)C(=O)NC(C)(C)C)cc1S(=O)(=O)N1CCOCC1. The van der Waals surface area contributed by atoms with E-state index in [-0.39, 0.29) is 42.0 Å². The van der Waals surface area contributed by atoms with Gasteiger partial charge in [0.1, 0.15) is 16.7 Å². The number of sulfonamides is 1. The fourth-order valence-corrected chi connectivity index (χ4v) is 4.59. The molecule has 0 radical (unpaired) electrons. The molecule has 2 amide bonds.